The van der Waals surface area contributed by atoms with Crippen LogP contribution in [0.4, 0.5) is 0 Å². The molecule has 2 N–H and O–H groups in total. The van der Waals surface area contributed by atoms with Gasteiger partial charge in [-0.05, 0) is 26.7 Å². The Bertz CT molecular complexity index is 415. The molecule has 1 aliphatic rings. The average molecular weight is 279 g/mol. The van der Waals surface area contributed by atoms with Gasteiger partial charge in [-0.1, -0.05) is 25.7 Å². The van der Waals surface area contributed by atoms with E-state index in [1.165, 1.54) is 25.7 Å². The van der Waals surface area contributed by atoms with Crippen molar-refractivity contribution in [2.75, 3.05) is 6.61 Å². The van der Waals surface area contributed by atoms with E-state index in [4.69, 9.17) is 15.2 Å². The maximum Gasteiger partial charge on any atom is 0.319 e. The highest BCUT2D eigenvalue weighted by Gasteiger charge is 2.27. The molecule has 1 aromatic heterocycles. The van der Waals surface area contributed by atoms with Gasteiger partial charge >= 0.3 is 6.01 Å². The van der Waals surface area contributed by atoms with Crippen LogP contribution in [-0.2, 0) is 0 Å². The molecule has 1 heterocycles. The largest absolute Gasteiger partial charge is 0.475 e. The van der Waals surface area contributed by atoms with Gasteiger partial charge in [-0.3, -0.25) is 0 Å². The summed E-state index contributed by atoms with van der Waals surface area (Å²) >= 11 is 0. The van der Waals surface area contributed by atoms with Crippen LogP contribution in [0.5, 0.6) is 11.9 Å². The van der Waals surface area contributed by atoms with E-state index in [1.807, 2.05) is 13.8 Å². The monoisotopic (exact) mass is 279 g/mol. The molecular weight excluding hydrogens is 254 g/mol. The van der Waals surface area contributed by atoms with Gasteiger partial charge in [-0.15, -0.1) is 0 Å². The molecule has 0 amide bonds. The molecule has 0 unspecified atom stereocenters. The molecule has 0 bridgehead atoms. The molecule has 112 valence electrons. The van der Waals surface area contributed by atoms with E-state index in [0.717, 1.165) is 12.8 Å². The summed E-state index contributed by atoms with van der Waals surface area (Å²) in [5, 5.41) is 0. The lowest BCUT2D eigenvalue weighted by atomic mass is 9.93. The van der Waals surface area contributed by atoms with Crippen molar-refractivity contribution < 1.29 is 9.47 Å². The number of hydrogen-bond acceptors (Lipinski definition) is 5. The van der Waals surface area contributed by atoms with E-state index in [1.54, 1.807) is 12.3 Å². The van der Waals surface area contributed by atoms with Crippen molar-refractivity contribution in [1.29, 1.82) is 0 Å². The van der Waals surface area contributed by atoms with E-state index >= 15 is 0 Å². The fourth-order valence-electron chi connectivity index (χ4n) is 2.49. The first-order valence-electron chi connectivity index (χ1n) is 7.49. The lowest BCUT2D eigenvalue weighted by molar-refractivity contribution is 0.180. The first-order chi connectivity index (χ1) is 9.57. The number of hydrogen-bond donors (Lipinski definition) is 1. The minimum Gasteiger partial charge on any atom is -0.475 e. The standard InChI is InChI=1S/C15H25N3O2/c1-12(2)20-13-7-10-17-14(18-13)19-11-15(16)8-5-3-4-6-9-15/h7,10,12H,3-6,8-9,11,16H2,1-2H3. The first-order valence-corrected chi connectivity index (χ1v) is 7.49. The fraction of sp³-hybridized carbons (Fsp3) is 0.733. The minimum atomic E-state index is -0.241. The van der Waals surface area contributed by atoms with Gasteiger partial charge in [0.25, 0.3) is 0 Å². The lowest BCUT2D eigenvalue weighted by Crippen LogP contribution is -2.45. The Morgan fingerprint density at radius 3 is 2.60 bits per heavy atom. The van der Waals surface area contributed by atoms with Crippen molar-refractivity contribution in [3.63, 3.8) is 0 Å². The van der Waals surface area contributed by atoms with Gasteiger partial charge in [-0.25, -0.2) is 4.98 Å². The zero-order chi connectivity index (χ0) is 14.4. The Morgan fingerprint density at radius 1 is 1.25 bits per heavy atom. The Kier molecular flexibility index (Phi) is 5.17. The molecule has 2 rings (SSSR count). The van der Waals surface area contributed by atoms with Crippen LogP contribution in [0.2, 0.25) is 0 Å². The van der Waals surface area contributed by atoms with Crippen LogP contribution < -0.4 is 15.2 Å². The van der Waals surface area contributed by atoms with Crippen LogP contribution in [0.15, 0.2) is 12.3 Å². The molecule has 20 heavy (non-hydrogen) atoms. The van der Waals surface area contributed by atoms with Crippen molar-refractivity contribution >= 4 is 0 Å². The molecule has 0 spiro atoms. The topological polar surface area (TPSA) is 70.3 Å². The van der Waals surface area contributed by atoms with Crippen LogP contribution in [0.1, 0.15) is 52.4 Å². The maximum absolute atomic E-state index is 6.41. The zero-order valence-electron chi connectivity index (χ0n) is 12.5. The smallest absolute Gasteiger partial charge is 0.319 e. The molecule has 0 aromatic carbocycles. The Hall–Kier alpha value is -1.36. The van der Waals surface area contributed by atoms with Crippen LogP contribution in [-0.4, -0.2) is 28.2 Å². The second-order valence-corrected chi connectivity index (χ2v) is 5.91. The molecule has 1 aromatic rings. The fourth-order valence-corrected chi connectivity index (χ4v) is 2.49. The van der Waals surface area contributed by atoms with E-state index < -0.39 is 0 Å². The second-order valence-electron chi connectivity index (χ2n) is 5.91. The highest BCUT2D eigenvalue weighted by atomic mass is 16.5. The minimum absolute atomic E-state index is 0.0838. The lowest BCUT2D eigenvalue weighted by Gasteiger charge is -2.27. The van der Waals surface area contributed by atoms with Gasteiger partial charge in [0.2, 0.25) is 5.88 Å². The van der Waals surface area contributed by atoms with Gasteiger partial charge in [0.05, 0.1) is 11.6 Å². The predicted molar refractivity (Wildman–Crippen MR) is 77.9 cm³/mol. The van der Waals surface area contributed by atoms with Crippen molar-refractivity contribution in [2.45, 2.75) is 64.0 Å². The molecule has 1 aliphatic carbocycles. The summed E-state index contributed by atoms with van der Waals surface area (Å²) in [6.07, 6.45) is 8.65. The number of aromatic nitrogens is 2. The summed E-state index contributed by atoms with van der Waals surface area (Å²) in [5.41, 5.74) is 6.17. The molecule has 0 radical (unpaired) electrons. The Morgan fingerprint density at radius 2 is 1.95 bits per heavy atom. The summed E-state index contributed by atoms with van der Waals surface area (Å²) in [6.45, 7) is 4.39. The number of nitrogens with two attached hydrogens (primary N) is 1. The van der Waals surface area contributed by atoms with Crippen LogP contribution in [0.25, 0.3) is 0 Å². The third kappa shape index (κ3) is 4.63. The maximum atomic E-state index is 6.41. The quantitative estimate of drug-likeness (QED) is 0.839. The SMILES string of the molecule is CC(C)Oc1ccnc(OCC2(N)CCCCCC2)n1. The van der Waals surface area contributed by atoms with E-state index in [2.05, 4.69) is 9.97 Å². The summed E-state index contributed by atoms with van der Waals surface area (Å²) in [7, 11) is 0. The van der Waals surface area contributed by atoms with Gasteiger partial charge in [0.1, 0.15) is 6.61 Å². The summed E-state index contributed by atoms with van der Waals surface area (Å²) in [5.74, 6) is 0.539. The average Bonchev–Trinajstić information content (AvgIpc) is 2.62. The van der Waals surface area contributed by atoms with Crippen molar-refractivity contribution in [3.8, 4) is 11.9 Å². The summed E-state index contributed by atoms with van der Waals surface area (Å²) in [4.78, 5) is 8.36. The van der Waals surface area contributed by atoms with Gasteiger partial charge in [0.15, 0.2) is 0 Å². The molecular formula is C15H25N3O2. The van der Waals surface area contributed by atoms with Gasteiger partial charge in [0, 0.05) is 12.3 Å². The second kappa shape index (κ2) is 6.88. The molecule has 5 heteroatoms. The highest BCUT2D eigenvalue weighted by molar-refractivity contribution is 5.11. The van der Waals surface area contributed by atoms with Crippen LogP contribution >= 0.6 is 0 Å². The van der Waals surface area contributed by atoms with Crippen molar-refractivity contribution in [2.24, 2.45) is 5.73 Å². The zero-order valence-corrected chi connectivity index (χ0v) is 12.5. The van der Waals surface area contributed by atoms with E-state index in [-0.39, 0.29) is 11.6 Å². The predicted octanol–water partition coefficient (Wildman–Crippen LogP) is 2.69. The van der Waals surface area contributed by atoms with Crippen molar-refractivity contribution in [1.82, 2.24) is 9.97 Å². The highest BCUT2D eigenvalue weighted by Crippen LogP contribution is 2.25. The first kappa shape index (κ1) is 15.0. The molecule has 0 aliphatic heterocycles. The molecule has 0 saturated heterocycles. The number of ether oxygens (including phenoxy) is 2. The van der Waals surface area contributed by atoms with Crippen LogP contribution in [0, 0.1) is 0 Å². The molecule has 5 nitrogen and oxygen atoms in total. The van der Waals surface area contributed by atoms with Gasteiger partial charge < -0.3 is 15.2 Å². The van der Waals surface area contributed by atoms with Gasteiger partial charge in [-0.2, -0.15) is 4.98 Å². The summed E-state index contributed by atoms with van der Waals surface area (Å²) in [6, 6.07) is 2.08. The normalized spacial score (nSPS) is 18.6. The van der Waals surface area contributed by atoms with E-state index in [9.17, 15) is 0 Å². The Labute approximate surface area is 120 Å². The molecule has 0 atom stereocenters. The Balaban J connectivity index is 1.92. The molecule has 1 saturated carbocycles. The van der Waals surface area contributed by atoms with E-state index in [0.29, 0.717) is 18.5 Å². The van der Waals surface area contributed by atoms with Crippen LogP contribution in [0.3, 0.4) is 0 Å². The third-order valence-electron chi connectivity index (χ3n) is 3.55. The molecule has 1 fully saturated rings. The summed E-state index contributed by atoms with van der Waals surface area (Å²) < 4.78 is 11.2. The number of nitrogens with zero attached hydrogens (tertiary/aromatic N) is 2. The third-order valence-corrected chi connectivity index (χ3v) is 3.55. The number of rotatable bonds is 5. The van der Waals surface area contributed by atoms with Crippen molar-refractivity contribution in [3.05, 3.63) is 12.3 Å².